The molecule has 0 amide bonds. The molecule has 0 atom stereocenters. The van der Waals surface area contributed by atoms with Gasteiger partial charge in [0.2, 0.25) is 0 Å². The molecule has 2 aliphatic rings. The molecule has 2 rings (SSSR count). The molecule has 1 N–H and O–H groups in total. The molecule has 0 aromatic heterocycles. The zero-order valence-corrected chi connectivity index (χ0v) is 14.8. The molecule has 134 valence electrons. The lowest BCUT2D eigenvalue weighted by atomic mass is 9.86. The molecule has 2 heterocycles. The van der Waals surface area contributed by atoms with Crippen molar-refractivity contribution in [3.8, 4) is 6.07 Å². The third kappa shape index (κ3) is 6.79. The first-order chi connectivity index (χ1) is 10.4. The van der Waals surface area contributed by atoms with Crippen LogP contribution in [-0.4, -0.2) is 60.1 Å². The van der Waals surface area contributed by atoms with E-state index >= 15 is 0 Å². The van der Waals surface area contributed by atoms with Crippen LogP contribution in [0.1, 0.15) is 66.7 Å². The Labute approximate surface area is 144 Å². The van der Waals surface area contributed by atoms with E-state index in [4.69, 9.17) is 0 Å². The first kappa shape index (κ1) is 20.4. The van der Waals surface area contributed by atoms with Crippen molar-refractivity contribution in [2.24, 2.45) is 0 Å². The summed E-state index contributed by atoms with van der Waals surface area (Å²) in [6.45, 7) is 13.6. The maximum atomic E-state index is 9.60. The van der Waals surface area contributed by atoms with E-state index in [0.717, 1.165) is 25.9 Å². The molecule has 0 saturated carbocycles. The molecule has 23 heavy (non-hydrogen) atoms. The second-order valence-electron chi connectivity index (χ2n) is 8.17. The molecule has 2 saturated heterocycles. The van der Waals surface area contributed by atoms with Crippen molar-refractivity contribution in [1.29, 1.82) is 5.26 Å². The summed E-state index contributed by atoms with van der Waals surface area (Å²) in [6.07, 6.45) is 7.35. The van der Waals surface area contributed by atoms with Gasteiger partial charge in [0.1, 0.15) is 5.54 Å². The topological polar surface area (TPSA) is 42.3 Å². The number of nitrogens with zero attached hydrogens (tertiary/aromatic N) is 3. The van der Waals surface area contributed by atoms with Gasteiger partial charge in [-0.05, 0) is 79.1 Å². The van der Waals surface area contributed by atoms with Gasteiger partial charge in [-0.3, -0.25) is 5.32 Å². The zero-order valence-electron chi connectivity index (χ0n) is 14.8. The van der Waals surface area contributed by atoms with E-state index in [1.54, 1.807) is 0 Å². The van der Waals surface area contributed by atoms with Crippen LogP contribution in [0.2, 0.25) is 0 Å². The Morgan fingerprint density at radius 3 is 1.96 bits per heavy atom. The number of likely N-dealkylation sites (tertiary alicyclic amines) is 2. The van der Waals surface area contributed by atoms with Crippen LogP contribution in [0.3, 0.4) is 0 Å². The van der Waals surface area contributed by atoms with Gasteiger partial charge in [0.25, 0.3) is 0 Å². The van der Waals surface area contributed by atoms with Crippen molar-refractivity contribution < 1.29 is 0 Å². The first-order valence-corrected chi connectivity index (χ1v) is 9.08. The van der Waals surface area contributed by atoms with E-state index in [1.807, 2.05) is 0 Å². The highest BCUT2D eigenvalue weighted by Crippen LogP contribution is 2.24. The predicted molar refractivity (Wildman–Crippen MR) is 98.5 cm³/mol. The monoisotopic (exact) mass is 322 g/mol. The highest BCUT2D eigenvalue weighted by molar-refractivity contribution is 5.11. The highest BCUT2D eigenvalue weighted by Gasteiger charge is 2.37. The Hall–Kier alpha value is -0.630. The van der Waals surface area contributed by atoms with Crippen LogP contribution in [-0.2, 0) is 0 Å². The third-order valence-corrected chi connectivity index (χ3v) is 4.94. The van der Waals surface area contributed by atoms with Gasteiger partial charge in [-0.1, -0.05) is 13.8 Å². The Balaban J connectivity index is 0.00000264. The quantitative estimate of drug-likeness (QED) is 0.844. The fourth-order valence-corrected chi connectivity index (χ4v) is 3.84. The van der Waals surface area contributed by atoms with Crippen LogP contribution in [0.15, 0.2) is 0 Å². The lowest BCUT2D eigenvalue weighted by Gasteiger charge is -2.42. The minimum atomic E-state index is -0.318. The summed E-state index contributed by atoms with van der Waals surface area (Å²) in [5.41, 5.74) is -0.312. The van der Waals surface area contributed by atoms with Crippen LogP contribution in [0.5, 0.6) is 0 Å². The number of rotatable bonds is 5. The van der Waals surface area contributed by atoms with E-state index in [-0.39, 0.29) is 18.5 Å². The number of piperidine rings is 2. The van der Waals surface area contributed by atoms with Gasteiger partial charge in [-0.25, -0.2) is 0 Å². The van der Waals surface area contributed by atoms with Gasteiger partial charge < -0.3 is 9.80 Å². The largest absolute Gasteiger partial charge is 0.303 e. The van der Waals surface area contributed by atoms with Crippen molar-refractivity contribution in [1.82, 2.24) is 15.1 Å². The second kappa shape index (κ2) is 9.01. The average molecular weight is 323 g/mol. The molecular formula is C19H38N4. The summed E-state index contributed by atoms with van der Waals surface area (Å²) < 4.78 is 0. The van der Waals surface area contributed by atoms with Crippen molar-refractivity contribution in [3.05, 3.63) is 0 Å². The summed E-state index contributed by atoms with van der Waals surface area (Å²) >= 11 is 0. The number of hydrogen-bond acceptors (Lipinski definition) is 4. The van der Waals surface area contributed by atoms with Gasteiger partial charge in [0.05, 0.1) is 6.07 Å². The summed E-state index contributed by atoms with van der Waals surface area (Å²) in [6, 6.07) is 2.56. The fourth-order valence-electron chi connectivity index (χ4n) is 3.84. The van der Waals surface area contributed by atoms with Crippen LogP contribution in [0.4, 0.5) is 0 Å². The van der Waals surface area contributed by atoms with Gasteiger partial charge in [-0.2, -0.15) is 5.26 Å². The maximum Gasteiger partial charge on any atom is 0.109 e. The van der Waals surface area contributed by atoms with Crippen LogP contribution >= 0.6 is 0 Å². The Kier molecular flexibility index (Phi) is 8.00. The SMILES string of the molecule is C.CC(C)(C)NC1(C#N)CCN(CCCN2CCCCC2)CC1. The Morgan fingerprint density at radius 2 is 1.48 bits per heavy atom. The Morgan fingerprint density at radius 1 is 0.957 bits per heavy atom. The van der Waals surface area contributed by atoms with Crippen molar-refractivity contribution in [2.75, 3.05) is 39.3 Å². The molecule has 0 unspecified atom stereocenters. The molecule has 0 spiro atoms. The van der Waals surface area contributed by atoms with Gasteiger partial charge in [0.15, 0.2) is 0 Å². The van der Waals surface area contributed by atoms with Gasteiger partial charge >= 0.3 is 0 Å². The number of hydrogen-bond donors (Lipinski definition) is 1. The van der Waals surface area contributed by atoms with Crippen LogP contribution in [0.25, 0.3) is 0 Å². The highest BCUT2D eigenvalue weighted by atomic mass is 15.2. The molecule has 4 nitrogen and oxygen atoms in total. The molecule has 0 aliphatic carbocycles. The van der Waals surface area contributed by atoms with Crippen molar-refractivity contribution in [3.63, 3.8) is 0 Å². The standard InChI is InChI=1S/C18H34N4.CH4/c1-17(2,3)20-18(16-19)8-14-22(15-9-18)13-7-12-21-10-5-4-6-11-21;/h20H,4-15H2,1-3H3;1H4. The van der Waals surface area contributed by atoms with Gasteiger partial charge in [-0.15, -0.1) is 0 Å². The lowest BCUT2D eigenvalue weighted by Crippen LogP contribution is -2.58. The molecule has 0 bridgehead atoms. The maximum absolute atomic E-state index is 9.60. The molecular weight excluding hydrogens is 284 g/mol. The second-order valence-corrected chi connectivity index (χ2v) is 8.17. The Bertz CT molecular complexity index is 366. The van der Waals surface area contributed by atoms with E-state index in [0.29, 0.717) is 0 Å². The van der Waals surface area contributed by atoms with Crippen molar-refractivity contribution in [2.45, 2.75) is 77.8 Å². The lowest BCUT2D eigenvalue weighted by molar-refractivity contribution is 0.137. The van der Waals surface area contributed by atoms with Crippen LogP contribution in [0, 0.1) is 11.3 Å². The van der Waals surface area contributed by atoms with E-state index in [1.165, 1.54) is 51.9 Å². The fraction of sp³-hybridized carbons (Fsp3) is 0.947. The zero-order chi connectivity index (χ0) is 16.1. The molecule has 0 aromatic carbocycles. The number of nitriles is 1. The molecule has 2 aliphatic heterocycles. The van der Waals surface area contributed by atoms with E-state index in [9.17, 15) is 5.26 Å². The summed E-state index contributed by atoms with van der Waals surface area (Å²) in [5, 5.41) is 13.2. The first-order valence-electron chi connectivity index (χ1n) is 9.08. The number of nitrogens with one attached hydrogen (secondary N) is 1. The smallest absolute Gasteiger partial charge is 0.109 e. The van der Waals surface area contributed by atoms with Crippen molar-refractivity contribution >= 4 is 0 Å². The molecule has 2 fully saturated rings. The predicted octanol–water partition coefficient (Wildman–Crippen LogP) is 3.24. The minimum Gasteiger partial charge on any atom is -0.303 e. The molecule has 4 heteroatoms. The minimum absolute atomic E-state index is 0. The van der Waals surface area contributed by atoms with E-state index < -0.39 is 0 Å². The van der Waals surface area contributed by atoms with Gasteiger partial charge in [0, 0.05) is 18.6 Å². The summed E-state index contributed by atoms with van der Waals surface area (Å²) in [4.78, 5) is 5.16. The average Bonchev–Trinajstić information content (AvgIpc) is 2.49. The third-order valence-electron chi connectivity index (χ3n) is 4.94. The van der Waals surface area contributed by atoms with E-state index in [2.05, 4.69) is 42.0 Å². The molecule has 0 aromatic rings. The van der Waals surface area contributed by atoms with Crippen LogP contribution < -0.4 is 5.32 Å². The molecule has 0 radical (unpaired) electrons. The summed E-state index contributed by atoms with van der Waals surface area (Å²) in [5.74, 6) is 0. The summed E-state index contributed by atoms with van der Waals surface area (Å²) in [7, 11) is 0. The normalized spacial score (nSPS) is 23.0.